The number of aromatic nitrogens is 3. The van der Waals surface area contributed by atoms with Crippen molar-refractivity contribution in [2.75, 3.05) is 6.61 Å². The Morgan fingerprint density at radius 1 is 1.18 bits per heavy atom. The van der Waals surface area contributed by atoms with E-state index in [2.05, 4.69) is 21.0 Å². The SMILES string of the molecule is CCOC(=O)c1c(-c2ccc(Cl)c(Cl)c2)n(CC)c(Cn2ccc(C(F)(F)F)n2)c(Br)c1=O. The fourth-order valence-corrected chi connectivity index (χ4v) is 4.17. The number of ether oxygens (including phenoxy) is 1. The Balaban J connectivity index is 2.30. The first kappa shape index (κ1) is 25.3. The Morgan fingerprint density at radius 2 is 1.88 bits per heavy atom. The summed E-state index contributed by atoms with van der Waals surface area (Å²) in [6.07, 6.45) is -3.44. The summed E-state index contributed by atoms with van der Waals surface area (Å²) >= 11 is 15.4. The number of hydrogen-bond donors (Lipinski definition) is 0. The van der Waals surface area contributed by atoms with E-state index < -0.39 is 23.3 Å². The van der Waals surface area contributed by atoms with Crippen LogP contribution in [0.2, 0.25) is 10.0 Å². The molecule has 176 valence electrons. The zero-order chi connectivity index (χ0) is 24.5. The molecule has 0 atom stereocenters. The Kier molecular flexibility index (Phi) is 7.60. The van der Waals surface area contributed by atoms with Crippen molar-refractivity contribution >= 4 is 45.1 Å². The van der Waals surface area contributed by atoms with Crippen LogP contribution >= 0.6 is 39.1 Å². The van der Waals surface area contributed by atoms with Gasteiger partial charge in [-0.1, -0.05) is 29.3 Å². The molecule has 3 rings (SSSR count). The van der Waals surface area contributed by atoms with Crippen molar-refractivity contribution < 1.29 is 22.7 Å². The molecule has 0 aliphatic heterocycles. The molecule has 0 bridgehead atoms. The van der Waals surface area contributed by atoms with Crippen molar-refractivity contribution in [1.82, 2.24) is 14.3 Å². The smallest absolute Gasteiger partial charge is 0.435 e. The summed E-state index contributed by atoms with van der Waals surface area (Å²) in [7, 11) is 0. The van der Waals surface area contributed by atoms with Gasteiger partial charge in [-0.05, 0) is 48.0 Å². The van der Waals surface area contributed by atoms with E-state index in [1.54, 1.807) is 24.5 Å². The minimum Gasteiger partial charge on any atom is -0.462 e. The van der Waals surface area contributed by atoms with Crippen molar-refractivity contribution in [3.05, 3.63) is 72.2 Å². The van der Waals surface area contributed by atoms with E-state index in [1.807, 2.05) is 0 Å². The zero-order valence-electron chi connectivity index (χ0n) is 17.3. The average Bonchev–Trinajstić information content (AvgIpc) is 3.22. The summed E-state index contributed by atoms with van der Waals surface area (Å²) in [5, 5.41) is 4.04. The Hall–Kier alpha value is -2.30. The average molecular weight is 567 g/mol. The standard InChI is InChI=1S/C21H17BrCl2F3N3O3/c1-3-30-14(10-29-8-7-15(28-29)21(25,26)27)17(22)19(31)16(20(32)33-4-2)18(30)11-5-6-12(23)13(24)9-11/h5-9H,3-4,10H2,1-2H3. The topological polar surface area (TPSA) is 66.1 Å². The number of carbonyl (C=O) groups excluding carboxylic acids is 1. The first-order valence-electron chi connectivity index (χ1n) is 9.67. The highest BCUT2D eigenvalue weighted by Crippen LogP contribution is 2.33. The second kappa shape index (κ2) is 9.90. The van der Waals surface area contributed by atoms with Crippen LogP contribution in [0.5, 0.6) is 0 Å². The van der Waals surface area contributed by atoms with Gasteiger partial charge in [-0.3, -0.25) is 9.48 Å². The van der Waals surface area contributed by atoms with Crippen LogP contribution in [-0.2, 0) is 24.0 Å². The van der Waals surface area contributed by atoms with E-state index in [0.717, 1.165) is 16.9 Å². The third-order valence-corrected chi connectivity index (χ3v) is 6.30. The zero-order valence-corrected chi connectivity index (χ0v) is 20.4. The van der Waals surface area contributed by atoms with Gasteiger partial charge < -0.3 is 9.30 Å². The molecule has 6 nitrogen and oxygen atoms in total. The molecule has 0 aliphatic carbocycles. The molecule has 2 aromatic heterocycles. The van der Waals surface area contributed by atoms with Gasteiger partial charge in [0, 0.05) is 18.3 Å². The normalized spacial score (nSPS) is 11.6. The van der Waals surface area contributed by atoms with E-state index >= 15 is 0 Å². The lowest BCUT2D eigenvalue weighted by Crippen LogP contribution is -2.27. The van der Waals surface area contributed by atoms with Crippen molar-refractivity contribution in [3.63, 3.8) is 0 Å². The molecule has 2 heterocycles. The summed E-state index contributed by atoms with van der Waals surface area (Å²) in [4.78, 5) is 26.0. The molecular formula is C21H17BrCl2F3N3O3. The van der Waals surface area contributed by atoms with Crippen LogP contribution in [0.1, 0.15) is 35.6 Å². The van der Waals surface area contributed by atoms with Gasteiger partial charge >= 0.3 is 12.1 Å². The predicted octanol–water partition coefficient (Wildman–Crippen LogP) is 6.04. The van der Waals surface area contributed by atoms with E-state index in [4.69, 9.17) is 27.9 Å². The van der Waals surface area contributed by atoms with Crippen LogP contribution in [0, 0.1) is 0 Å². The van der Waals surface area contributed by atoms with Gasteiger partial charge in [-0.2, -0.15) is 18.3 Å². The lowest BCUT2D eigenvalue weighted by Gasteiger charge is -2.22. The maximum Gasteiger partial charge on any atom is 0.435 e. The second-order valence-corrected chi connectivity index (χ2v) is 8.41. The Morgan fingerprint density at radius 3 is 2.42 bits per heavy atom. The quantitative estimate of drug-likeness (QED) is 0.341. The molecule has 12 heteroatoms. The molecule has 0 fully saturated rings. The van der Waals surface area contributed by atoms with E-state index in [9.17, 15) is 22.8 Å². The van der Waals surface area contributed by atoms with Crippen LogP contribution in [0.3, 0.4) is 0 Å². The lowest BCUT2D eigenvalue weighted by atomic mass is 10.0. The van der Waals surface area contributed by atoms with Crippen LogP contribution in [-0.4, -0.2) is 26.9 Å². The third kappa shape index (κ3) is 5.12. The first-order chi connectivity index (χ1) is 15.5. The molecule has 1 aromatic carbocycles. The molecule has 0 saturated carbocycles. The monoisotopic (exact) mass is 565 g/mol. The number of hydrogen-bond acceptors (Lipinski definition) is 4. The fraction of sp³-hybridized carbons (Fsp3) is 0.286. The van der Waals surface area contributed by atoms with Gasteiger partial charge in [0.1, 0.15) is 5.56 Å². The third-order valence-electron chi connectivity index (χ3n) is 4.74. The van der Waals surface area contributed by atoms with Crippen LogP contribution in [0.4, 0.5) is 13.2 Å². The molecule has 0 radical (unpaired) electrons. The summed E-state index contributed by atoms with van der Waals surface area (Å²) in [5.41, 5.74) is -1.02. The molecule has 0 aliphatic rings. The summed E-state index contributed by atoms with van der Waals surface area (Å²) in [6.45, 7) is 3.51. The maximum atomic E-state index is 13.2. The summed E-state index contributed by atoms with van der Waals surface area (Å²) in [5.74, 6) is -0.837. The van der Waals surface area contributed by atoms with Crippen molar-refractivity contribution in [3.8, 4) is 11.3 Å². The molecule has 3 aromatic rings. The Labute approximate surface area is 205 Å². The highest BCUT2D eigenvalue weighted by atomic mass is 79.9. The number of nitrogens with zero attached hydrogens (tertiary/aromatic N) is 3. The van der Waals surface area contributed by atoms with Crippen molar-refractivity contribution in [2.24, 2.45) is 0 Å². The van der Waals surface area contributed by atoms with Crippen LogP contribution in [0.25, 0.3) is 11.3 Å². The van der Waals surface area contributed by atoms with Crippen LogP contribution < -0.4 is 5.43 Å². The minimum absolute atomic E-state index is 0.0141. The molecule has 0 unspecified atom stereocenters. The molecule has 0 saturated heterocycles. The molecular weight excluding hydrogens is 550 g/mol. The number of pyridine rings is 1. The number of esters is 1. The predicted molar refractivity (Wildman–Crippen MR) is 122 cm³/mol. The van der Waals surface area contributed by atoms with E-state index in [0.29, 0.717) is 11.3 Å². The molecule has 33 heavy (non-hydrogen) atoms. The Bertz CT molecular complexity index is 1270. The highest BCUT2D eigenvalue weighted by Gasteiger charge is 2.34. The van der Waals surface area contributed by atoms with Gasteiger partial charge in [-0.25, -0.2) is 4.79 Å². The van der Waals surface area contributed by atoms with Gasteiger partial charge in [0.15, 0.2) is 5.69 Å². The van der Waals surface area contributed by atoms with Gasteiger partial charge in [-0.15, -0.1) is 0 Å². The van der Waals surface area contributed by atoms with E-state index in [-0.39, 0.29) is 45.5 Å². The molecule has 0 spiro atoms. The summed E-state index contributed by atoms with van der Waals surface area (Å²) < 4.78 is 46.8. The molecule has 0 amide bonds. The minimum atomic E-state index is -4.61. The number of halogens is 6. The van der Waals surface area contributed by atoms with Gasteiger partial charge in [0.05, 0.1) is 39.1 Å². The number of rotatable bonds is 6. The largest absolute Gasteiger partial charge is 0.462 e. The maximum absolute atomic E-state index is 13.2. The number of carbonyl (C=O) groups is 1. The summed E-state index contributed by atoms with van der Waals surface area (Å²) in [6, 6.07) is 5.45. The lowest BCUT2D eigenvalue weighted by molar-refractivity contribution is -0.141. The van der Waals surface area contributed by atoms with E-state index in [1.165, 1.54) is 12.1 Å². The van der Waals surface area contributed by atoms with Gasteiger partial charge in [0.25, 0.3) is 0 Å². The number of benzene rings is 1. The van der Waals surface area contributed by atoms with Crippen LogP contribution in [0.15, 0.2) is 39.7 Å². The number of alkyl halides is 3. The van der Waals surface area contributed by atoms with Crippen molar-refractivity contribution in [1.29, 1.82) is 0 Å². The van der Waals surface area contributed by atoms with Crippen molar-refractivity contribution in [2.45, 2.75) is 33.1 Å². The fourth-order valence-electron chi connectivity index (χ4n) is 3.33. The second-order valence-electron chi connectivity index (χ2n) is 6.80. The first-order valence-corrected chi connectivity index (χ1v) is 11.2. The highest BCUT2D eigenvalue weighted by molar-refractivity contribution is 9.10. The van der Waals surface area contributed by atoms with Gasteiger partial charge in [0.2, 0.25) is 5.43 Å². The molecule has 0 N–H and O–H groups in total.